The Bertz CT molecular complexity index is 719. The quantitative estimate of drug-likeness (QED) is 0.816. The van der Waals surface area contributed by atoms with Crippen molar-refractivity contribution in [1.82, 2.24) is 20.2 Å². The Balaban J connectivity index is 2.20. The van der Waals surface area contributed by atoms with Crippen molar-refractivity contribution in [3.63, 3.8) is 0 Å². The third-order valence-corrected chi connectivity index (χ3v) is 3.69. The minimum absolute atomic E-state index is 0.0298. The van der Waals surface area contributed by atoms with Crippen LogP contribution in [-0.4, -0.2) is 27.9 Å². The van der Waals surface area contributed by atoms with E-state index in [0.29, 0.717) is 24.8 Å². The molecule has 2 N–H and O–H groups in total. The van der Waals surface area contributed by atoms with Crippen LogP contribution < -0.4 is 10.6 Å². The second kappa shape index (κ2) is 7.95. The summed E-state index contributed by atoms with van der Waals surface area (Å²) < 4.78 is 1.87. The van der Waals surface area contributed by atoms with Gasteiger partial charge in [0.15, 0.2) is 0 Å². The molecule has 0 spiro atoms. The number of nitrogens with one attached hydrogen (secondary N) is 2. The molecule has 0 aliphatic carbocycles. The van der Waals surface area contributed by atoms with Crippen LogP contribution in [0.25, 0.3) is 11.0 Å². The molecular formula is C18H26N4O2. The summed E-state index contributed by atoms with van der Waals surface area (Å²) in [5.41, 5.74) is 1.72. The van der Waals surface area contributed by atoms with Crippen molar-refractivity contribution in [2.24, 2.45) is 11.8 Å². The van der Waals surface area contributed by atoms with E-state index in [9.17, 15) is 9.59 Å². The Kier molecular flexibility index (Phi) is 5.95. The molecule has 1 aromatic heterocycles. The van der Waals surface area contributed by atoms with Crippen LogP contribution in [-0.2, 0) is 22.7 Å². The smallest absolute Gasteiger partial charge is 0.240 e. The predicted octanol–water partition coefficient (Wildman–Crippen LogP) is 2.08. The molecule has 2 rings (SSSR count). The molecule has 1 aromatic carbocycles. The summed E-state index contributed by atoms with van der Waals surface area (Å²) in [6.45, 7) is 8.95. The molecule has 130 valence electrons. The third-order valence-electron chi connectivity index (χ3n) is 3.69. The largest absolute Gasteiger partial charge is 0.354 e. The van der Waals surface area contributed by atoms with E-state index in [-0.39, 0.29) is 24.3 Å². The molecule has 0 bridgehead atoms. The van der Waals surface area contributed by atoms with E-state index in [2.05, 4.69) is 29.5 Å². The molecule has 2 amide bonds. The van der Waals surface area contributed by atoms with E-state index < -0.39 is 0 Å². The first kappa shape index (κ1) is 18.0. The van der Waals surface area contributed by atoms with Crippen LogP contribution in [0.2, 0.25) is 0 Å². The van der Waals surface area contributed by atoms with Crippen LogP contribution >= 0.6 is 0 Å². The molecule has 0 radical (unpaired) electrons. The van der Waals surface area contributed by atoms with Crippen LogP contribution in [0.4, 0.5) is 0 Å². The lowest BCUT2D eigenvalue weighted by molar-refractivity contribution is -0.124. The topological polar surface area (TPSA) is 76.0 Å². The van der Waals surface area contributed by atoms with Crippen LogP contribution in [0, 0.1) is 11.8 Å². The van der Waals surface area contributed by atoms with Gasteiger partial charge >= 0.3 is 0 Å². The zero-order valence-electron chi connectivity index (χ0n) is 14.8. The van der Waals surface area contributed by atoms with Gasteiger partial charge in [-0.2, -0.15) is 0 Å². The average Bonchev–Trinajstić information content (AvgIpc) is 2.88. The molecule has 1 heterocycles. The molecule has 0 saturated carbocycles. The van der Waals surface area contributed by atoms with Crippen LogP contribution in [0.15, 0.2) is 24.3 Å². The van der Waals surface area contributed by atoms with Gasteiger partial charge < -0.3 is 15.2 Å². The van der Waals surface area contributed by atoms with Crippen molar-refractivity contribution in [3.05, 3.63) is 30.1 Å². The molecule has 2 aromatic rings. The fraction of sp³-hybridized carbons (Fsp3) is 0.500. The molecule has 0 aliphatic heterocycles. The summed E-state index contributed by atoms with van der Waals surface area (Å²) in [5, 5.41) is 5.79. The maximum absolute atomic E-state index is 12.2. The number of fused-ring (bicyclic) bond motifs is 1. The number of rotatable bonds is 7. The van der Waals surface area contributed by atoms with Gasteiger partial charge in [0, 0.05) is 12.5 Å². The summed E-state index contributed by atoms with van der Waals surface area (Å²) in [6.07, 6.45) is 0. The summed E-state index contributed by atoms with van der Waals surface area (Å²) in [5.74, 6) is 0.918. The zero-order chi connectivity index (χ0) is 17.7. The second-order valence-corrected chi connectivity index (χ2v) is 6.67. The highest BCUT2D eigenvalue weighted by atomic mass is 16.2. The Morgan fingerprint density at radius 2 is 1.83 bits per heavy atom. The van der Waals surface area contributed by atoms with E-state index >= 15 is 0 Å². The van der Waals surface area contributed by atoms with E-state index in [0.717, 1.165) is 11.0 Å². The van der Waals surface area contributed by atoms with Gasteiger partial charge in [-0.1, -0.05) is 39.8 Å². The summed E-state index contributed by atoms with van der Waals surface area (Å²) in [6, 6.07) is 7.68. The number of imidazole rings is 1. The van der Waals surface area contributed by atoms with Crippen molar-refractivity contribution >= 4 is 22.8 Å². The highest BCUT2D eigenvalue weighted by molar-refractivity contribution is 5.81. The van der Waals surface area contributed by atoms with Gasteiger partial charge in [-0.25, -0.2) is 4.98 Å². The normalized spacial score (nSPS) is 11.2. The van der Waals surface area contributed by atoms with Crippen molar-refractivity contribution in [2.75, 3.05) is 6.54 Å². The lowest BCUT2D eigenvalue weighted by atomic mass is 10.2. The predicted molar refractivity (Wildman–Crippen MR) is 94.3 cm³/mol. The maximum Gasteiger partial charge on any atom is 0.240 e. The number of para-hydroxylation sites is 2. The third kappa shape index (κ3) is 4.57. The molecule has 24 heavy (non-hydrogen) atoms. The van der Waals surface area contributed by atoms with Crippen molar-refractivity contribution in [1.29, 1.82) is 0 Å². The molecular weight excluding hydrogens is 304 g/mol. The van der Waals surface area contributed by atoms with Crippen LogP contribution in [0.3, 0.4) is 0 Å². The van der Waals surface area contributed by atoms with E-state index in [4.69, 9.17) is 0 Å². The molecule has 0 fully saturated rings. The van der Waals surface area contributed by atoms with Gasteiger partial charge in [-0.3, -0.25) is 9.59 Å². The molecule has 0 aliphatic rings. The first-order valence-electron chi connectivity index (χ1n) is 8.37. The number of carbonyl (C=O) groups is 2. The van der Waals surface area contributed by atoms with Crippen LogP contribution in [0.5, 0.6) is 0 Å². The van der Waals surface area contributed by atoms with E-state index in [1.165, 1.54) is 0 Å². The summed E-state index contributed by atoms with van der Waals surface area (Å²) in [4.78, 5) is 28.6. The number of benzene rings is 1. The number of nitrogens with zero attached hydrogens (tertiary/aromatic N) is 2. The minimum atomic E-state index is -0.0860. The van der Waals surface area contributed by atoms with Gasteiger partial charge in [0.05, 0.1) is 17.6 Å². The first-order valence-corrected chi connectivity index (χ1v) is 8.37. The Morgan fingerprint density at radius 3 is 2.50 bits per heavy atom. The van der Waals surface area contributed by atoms with Gasteiger partial charge in [-0.05, 0) is 18.1 Å². The monoisotopic (exact) mass is 330 g/mol. The lowest BCUT2D eigenvalue weighted by Crippen LogP contribution is -2.32. The van der Waals surface area contributed by atoms with E-state index in [1.807, 2.05) is 42.7 Å². The van der Waals surface area contributed by atoms with Gasteiger partial charge in [0.25, 0.3) is 0 Å². The van der Waals surface area contributed by atoms with Gasteiger partial charge in [-0.15, -0.1) is 0 Å². The highest BCUT2D eigenvalue weighted by Gasteiger charge is 2.15. The Morgan fingerprint density at radius 1 is 1.12 bits per heavy atom. The Hall–Kier alpha value is -2.37. The number of hydrogen-bond acceptors (Lipinski definition) is 3. The SMILES string of the molecule is CC(C)CNC(=O)Cn1c(CNC(=O)C(C)C)nc2ccccc21. The number of amides is 2. The standard InChI is InChI=1S/C18H26N4O2/c1-12(2)9-19-17(23)11-22-15-8-6-5-7-14(15)21-16(22)10-20-18(24)13(3)4/h5-8,12-13H,9-11H2,1-4H3,(H,19,23)(H,20,24). The number of hydrogen-bond donors (Lipinski definition) is 2. The highest BCUT2D eigenvalue weighted by Crippen LogP contribution is 2.16. The number of carbonyl (C=O) groups excluding carboxylic acids is 2. The average molecular weight is 330 g/mol. The fourth-order valence-electron chi connectivity index (χ4n) is 2.32. The Labute approximate surface area is 142 Å². The molecule has 0 unspecified atom stereocenters. The lowest BCUT2D eigenvalue weighted by Gasteiger charge is -2.12. The van der Waals surface area contributed by atoms with Gasteiger partial charge in [0.1, 0.15) is 12.4 Å². The van der Waals surface area contributed by atoms with Crippen LogP contribution in [0.1, 0.15) is 33.5 Å². The molecule has 6 nitrogen and oxygen atoms in total. The minimum Gasteiger partial charge on any atom is -0.354 e. The number of aromatic nitrogens is 2. The fourth-order valence-corrected chi connectivity index (χ4v) is 2.32. The van der Waals surface area contributed by atoms with E-state index in [1.54, 1.807) is 0 Å². The summed E-state index contributed by atoms with van der Waals surface area (Å²) >= 11 is 0. The molecule has 0 atom stereocenters. The van der Waals surface area contributed by atoms with Crippen molar-refractivity contribution in [2.45, 2.75) is 40.8 Å². The first-order chi connectivity index (χ1) is 11.4. The van der Waals surface area contributed by atoms with Crippen molar-refractivity contribution < 1.29 is 9.59 Å². The van der Waals surface area contributed by atoms with Gasteiger partial charge in [0.2, 0.25) is 11.8 Å². The molecule has 0 saturated heterocycles. The van der Waals surface area contributed by atoms with Crippen molar-refractivity contribution in [3.8, 4) is 0 Å². The maximum atomic E-state index is 12.2. The second-order valence-electron chi connectivity index (χ2n) is 6.67. The molecule has 6 heteroatoms. The zero-order valence-corrected chi connectivity index (χ0v) is 14.8. The summed E-state index contributed by atoms with van der Waals surface area (Å²) in [7, 11) is 0.